The Labute approximate surface area is 129 Å². The summed E-state index contributed by atoms with van der Waals surface area (Å²) in [5, 5.41) is 2.79. The number of rotatable bonds is 3. The minimum atomic E-state index is -0.160. The van der Waals surface area contributed by atoms with Gasteiger partial charge in [0.1, 0.15) is 5.82 Å². The van der Waals surface area contributed by atoms with Gasteiger partial charge in [0.2, 0.25) is 0 Å². The van der Waals surface area contributed by atoms with Crippen LogP contribution in [0.5, 0.6) is 6.01 Å². The van der Waals surface area contributed by atoms with Crippen LogP contribution in [0.15, 0.2) is 42.6 Å². The number of anilines is 1. The van der Waals surface area contributed by atoms with Gasteiger partial charge in [-0.2, -0.15) is 4.98 Å². The van der Waals surface area contributed by atoms with Crippen LogP contribution in [0.2, 0.25) is 0 Å². The van der Waals surface area contributed by atoms with Crippen molar-refractivity contribution in [1.29, 1.82) is 0 Å². The van der Waals surface area contributed by atoms with Crippen molar-refractivity contribution < 1.29 is 9.53 Å². The number of likely N-dealkylation sites (tertiary alicyclic amines) is 1. The number of hydrogen-bond acceptors (Lipinski definition) is 4. The number of carbonyl (C=O) groups excluding carboxylic acids is 1. The Morgan fingerprint density at radius 3 is 2.77 bits per heavy atom. The van der Waals surface area contributed by atoms with Crippen molar-refractivity contribution in [3.05, 3.63) is 48.2 Å². The van der Waals surface area contributed by atoms with Crippen molar-refractivity contribution in [3.8, 4) is 6.01 Å². The molecule has 22 heavy (non-hydrogen) atoms. The average molecular weight is 298 g/mol. The highest BCUT2D eigenvalue weighted by Gasteiger charge is 2.40. The van der Waals surface area contributed by atoms with E-state index in [0.29, 0.717) is 11.7 Å². The van der Waals surface area contributed by atoms with Gasteiger partial charge in [-0.3, -0.25) is 5.32 Å². The largest absolute Gasteiger partial charge is 0.467 e. The van der Waals surface area contributed by atoms with Crippen molar-refractivity contribution in [1.82, 2.24) is 14.9 Å². The summed E-state index contributed by atoms with van der Waals surface area (Å²) in [6.07, 6.45) is 1.55. The fourth-order valence-electron chi connectivity index (χ4n) is 2.75. The molecule has 0 spiro atoms. The number of amides is 2. The van der Waals surface area contributed by atoms with Crippen LogP contribution in [-0.2, 0) is 0 Å². The van der Waals surface area contributed by atoms with Gasteiger partial charge >= 0.3 is 12.0 Å². The van der Waals surface area contributed by atoms with E-state index in [0.717, 1.165) is 12.1 Å². The smallest absolute Gasteiger partial charge is 0.323 e. The molecule has 2 atom stereocenters. The molecule has 0 bridgehead atoms. The van der Waals surface area contributed by atoms with Gasteiger partial charge in [-0.15, -0.1) is 0 Å². The quantitative estimate of drug-likeness (QED) is 0.946. The number of benzene rings is 1. The van der Waals surface area contributed by atoms with E-state index >= 15 is 0 Å². The van der Waals surface area contributed by atoms with Crippen LogP contribution in [0.3, 0.4) is 0 Å². The van der Waals surface area contributed by atoms with Gasteiger partial charge in [-0.1, -0.05) is 37.3 Å². The Morgan fingerprint density at radius 1 is 1.32 bits per heavy atom. The van der Waals surface area contributed by atoms with Crippen molar-refractivity contribution in [2.45, 2.75) is 13.0 Å². The fourth-order valence-corrected chi connectivity index (χ4v) is 2.75. The summed E-state index contributed by atoms with van der Waals surface area (Å²) in [5.41, 5.74) is 1.15. The van der Waals surface area contributed by atoms with Gasteiger partial charge in [0.05, 0.1) is 13.2 Å². The number of ether oxygens (including phenoxy) is 1. The third-order valence-electron chi connectivity index (χ3n) is 3.81. The molecule has 0 unspecified atom stereocenters. The van der Waals surface area contributed by atoms with E-state index in [4.69, 9.17) is 4.74 Å². The number of aromatic nitrogens is 2. The Hall–Kier alpha value is -2.63. The lowest BCUT2D eigenvalue weighted by atomic mass is 9.85. The van der Waals surface area contributed by atoms with E-state index in [1.807, 2.05) is 35.2 Å². The van der Waals surface area contributed by atoms with Crippen molar-refractivity contribution >= 4 is 11.8 Å². The second-order valence-electron chi connectivity index (χ2n) is 5.34. The molecule has 114 valence electrons. The summed E-state index contributed by atoms with van der Waals surface area (Å²) in [5.74, 6) is 0.872. The number of nitrogens with one attached hydrogen (secondary N) is 1. The predicted molar refractivity (Wildman–Crippen MR) is 82.7 cm³/mol. The van der Waals surface area contributed by atoms with Crippen LogP contribution >= 0.6 is 0 Å². The summed E-state index contributed by atoms with van der Waals surface area (Å²) in [4.78, 5) is 22.3. The Kier molecular flexibility index (Phi) is 3.91. The van der Waals surface area contributed by atoms with Gasteiger partial charge in [0.25, 0.3) is 0 Å². The van der Waals surface area contributed by atoms with Gasteiger partial charge < -0.3 is 9.64 Å². The molecule has 2 amide bonds. The topological polar surface area (TPSA) is 67.3 Å². The van der Waals surface area contributed by atoms with Gasteiger partial charge in [0.15, 0.2) is 0 Å². The molecule has 3 rings (SSSR count). The Balaban J connectivity index is 1.72. The fraction of sp³-hybridized carbons (Fsp3) is 0.312. The van der Waals surface area contributed by atoms with Crippen LogP contribution in [0.25, 0.3) is 0 Å². The molecule has 2 aromatic rings. The third kappa shape index (κ3) is 2.72. The van der Waals surface area contributed by atoms with Gasteiger partial charge in [-0.25, -0.2) is 9.78 Å². The molecule has 1 aromatic heterocycles. The summed E-state index contributed by atoms with van der Waals surface area (Å²) >= 11 is 0. The maximum atomic E-state index is 12.4. The molecule has 6 heteroatoms. The highest BCUT2D eigenvalue weighted by molar-refractivity contribution is 5.89. The first-order valence-electron chi connectivity index (χ1n) is 7.18. The first-order chi connectivity index (χ1) is 10.7. The zero-order valence-electron chi connectivity index (χ0n) is 12.6. The molecular weight excluding hydrogens is 280 g/mol. The molecule has 1 aliphatic heterocycles. The zero-order valence-corrected chi connectivity index (χ0v) is 12.6. The molecule has 0 radical (unpaired) electrons. The number of carbonyl (C=O) groups is 1. The molecule has 6 nitrogen and oxygen atoms in total. The first-order valence-corrected chi connectivity index (χ1v) is 7.18. The van der Waals surface area contributed by atoms with E-state index < -0.39 is 0 Å². The molecule has 2 heterocycles. The van der Waals surface area contributed by atoms with Crippen LogP contribution < -0.4 is 10.1 Å². The lowest BCUT2D eigenvalue weighted by molar-refractivity contribution is 0.0670. The molecule has 1 saturated heterocycles. The minimum absolute atomic E-state index is 0.102. The van der Waals surface area contributed by atoms with Crippen molar-refractivity contribution in [2.24, 2.45) is 5.92 Å². The summed E-state index contributed by atoms with van der Waals surface area (Å²) in [7, 11) is 1.49. The summed E-state index contributed by atoms with van der Waals surface area (Å²) < 4.78 is 4.96. The normalized spacial score (nSPS) is 20.2. The Morgan fingerprint density at radius 2 is 2.09 bits per heavy atom. The van der Waals surface area contributed by atoms with Crippen LogP contribution in [-0.4, -0.2) is 34.6 Å². The maximum absolute atomic E-state index is 12.4. The number of nitrogens with zero attached hydrogens (tertiary/aromatic N) is 3. The molecule has 0 aliphatic carbocycles. The van der Waals surface area contributed by atoms with Crippen LogP contribution in [0.1, 0.15) is 18.5 Å². The van der Waals surface area contributed by atoms with Crippen LogP contribution in [0.4, 0.5) is 10.6 Å². The standard InChI is InChI=1S/C16H18N4O2/c1-11-10-20(14(11)12-6-4-3-5-7-12)16(21)19-13-8-9-17-15(18-13)22-2/h3-9,11,14H,10H2,1-2H3,(H,17,18,19,21)/t11-,14+/m1/s1. The monoisotopic (exact) mass is 298 g/mol. The molecular formula is C16H18N4O2. The van der Waals surface area contributed by atoms with E-state index in [2.05, 4.69) is 22.2 Å². The highest BCUT2D eigenvalue weighted by Crippen LogP contribution is 2.38. The second-order valence-corrected chi connectivity index (χ2v) is 5.34. The van der Waals surface area contributed by atoms with E-state index in [9.17, 15) is 4.79 Å². The maximum Gasteiger partial charge on any atom is 0.323 e. The average Bonchev–Trinajstić information content (AvgIpc) is 2.53. The SMILES string of the molecule is COc1nccc(NC(=O)N2C[C@@H](C)[C@H]2c2ccccc2)n1. The molecule has 1 N–H and O–H groups in total. The van der Waals surface area contributed by atoms with Crippen molar-refractivity contribution in [2.75, 3.05) is 19.0 Å². The minimum Gasteiger partial charge on any atom is -0.467 e. The highest BCUT2D eigenvalue weighted by atomic mass is 16.5. The predicted octanol–water partition coefficient (Wildman–Crippen LogP) is 2.71. The number of methoxy groups -OCH3 is 1. The van der Waals surface area contributed by atoms with Gasteiger partial charge in [0, 0.05) is 12.7 Å². The van der Waals surface area contributed by atoms with Gasteiger partial charge in [-0.05, 0) is 17.5 Å². The zero-order chi connectivity index (χ0) is 15.5. The molecule has 1 fully saturated rings. The molecule has 0 saturated carbocycles. The summed E-state index contributed by atoms with van der Waals surface area (Å²) in [6.45, 7) is 2.88. The van der Waals surface area contributed by atoms with E-state index in [1.54, 1.807) is 12.3 Å². The number of urea groups is 1. The third-order valence-corrected chi connectivity index (χ3v) is 3.81. The Bertz CT molecular complexity index is 662. The summed E-state index contributed by atoms with van der Waals surface area (Å²) in [6, 6.07) is 11.9. The van der Waals surface area contributed by atoms with Crippen LogP contribution in [0, 0.1) is 5.92 Å². The van der Waals surface area contributed by atoms with E-state index in [-0.39, 0.29) is 18.1 Å². The van der Waals surface area contributed by atoms with Crippen molar-refractivity contribution in [3.63, 3.8) is 0 Å². The second kappa shape index (κ2) is 6.01. The van der Waals surface area contributed by atoms with E-state index in [1.165, 1.54) is 7.11 Å². The first kappa shape index (κ1) is 14.3. The molecule has 1 aromatic carbocycles. The molecule has 1 aliphatic rings. The number of hydrogen-bond donors (Lipinski definition) is 1. The lowest BCUT2D eigenvalue weighted by Gasteiger charge is -2.46. The lowest BCUT2D eigenvalue weighted by Crippen LogP contribution is -2.53.